The average Bonchev–Trinajstić information content (AvgIpc) is 3.03. The molecule has 4 nitrogen and oxygen atoms in total. The van der Waals surface area contributed by atoms with Gasteiger partial charge in [0.2, 0.25) is 11.8 Å². The monoisotopic (exact) mass is 530 g/mol. The number of fused-ring (bicyclic) bond motifs is 2. The molecule has 0 unspecified atom stereocenters. The van der Waals surface area contributed by atoms with Crippen molar-refractivity contribution < 1.29 is 9.59 Å². The number of amides is 2. The Morgan fingerprint density at radius 2 is 1.72 bits per heavy atom. The fourth-order valence-electron chi connectivity index (χ4n) is 4.39. The van der Waals surface area contributed by atoms with E-state index in [9.17, 15) is 9.59 Å². The highest BCUT2D eigenvalue weighted by Gasteiger charge is 2.55. The first-order valence-electron chi connectivity index (χ1n) is 10.2. The van der Waals surface area contributed by atoms with Gasteiger partial charge >= 0.3 is 0 Å². The van der Waals surface area contributed by atoms with Crippen LogP contribution >= 0.6 is 39.1 Å². The number of hydrogen-bond acceptors (Lipinski definition) is 2. The Kier molecular flexibility index (Phi) is 6.61. The number of nitrogens with one attached hydrogen (secondary N) is 2. The maximum absolute atomic E-state index is 13.1. The average molecular weight is 532 g/mol. The second-order valence-electron chi connectivity index (χ2n) is 7.91. The molecule has 3 aromatic rings. The van der Waals surface area contributed by atoms with E-state index in [0.29, 0.717) is 17.9 Å². The molecule has 3 aromatic carbocycles. The van der Waals surface area contributed by atoms with Crippen molar-refractivity contribution in [2.45, 2.75) is 31.2 Å². The molecule has 1 spiro atoms. The molecule has 0 bridgehead atoms. The standard InChI is InChI=1S/C19H16BrClN2O2.C6H5Cl/c1-10-2-4-12(21)9-13(10)17-19(7-6-16(24)23-17)14-5-3-11(20)8-15(14)22-18(19)25;7-6-4-2-1-3-5-6/h2-5,8-9,17H,6-7H2,1H3,(H,22,25)(H,23,24);1-5H/t17-,19-;/m1./s1. The van der Waals surface area contributed by atoms with Gasteiger partial charge in [-0.2, -0.15) is 0 Å². The summed E-state index contributed by atoms with van der Waals surface area (Å²) in [5.41, 5.74) is 2.77. The minimum Gasteiger partial charge on any atom is -0.348 e. The van der Waals surface area contributed by atoms with Crippen LogP contribution in [0.3, 0.4) is 0 Å². The number of aryl methyl sites for hydroxylation is 1. The van der Waals surface area contributed by atoms with Crippen LogP contribution in [-0.2, 0) is 15.0 Å². The van der Waals surface area contributed by atoms with Crippen LogP contribution in [-0.4, -0.2) is 11.8 Å². The topological polar surface area (TPSA) is 58.2 Å². The minimum absolute atomic E-state index is 0.0478. The number of benzene rings is 3. The highest BCUT2D eigenvalue weighted by atomic mass is 79.9. The molecule has 0 saturated carbocycles. The Labute approximate surface area is 205 Å². The SMILES string of the molecule is Cc1ccc(Cl)cc1[C@H]1NC(=O)CC[C@]12C(=O)Nc1cc(Br)ccc12.Clc1ccccc1. The van der Waals surface area contributed by atoms with Crippen LogP contribution in [0.2, 0.25) is 10.0 Å². The highest BCUT2D eigenvalue weighted by molar-refractivity contribution is 9.10. The molecule has 2 atom stereocenters. The van der Waals surface area contributed by atoms with Crippen molar-refractivity contribution in [3.05, 3.63) is 97.9 Å². The first-order valence-corrected chi connectivity index (χ1v) is 11.7. The molecule has 0 aliphatic carbocycles. The van der Waals surface area contributed by atoms with Gasteiger partial charge in [0.25, 0.3) is 0 Å². The molecule has 32 heavy (non-hydrogen) atoms. The van der Waals surface area contributed by atoms with E-state index in [4.69, 9.17) is 23.2 Å². The Bertz CT molecular complexity index is 1190. The van der Waals surface area contributed by atoms with Crippen LogP contribution in [0.1, 0.15) is 35.6 Å². The van der Waals surface area contributed by atoms with E-state index < -0.39 is 11.5 Å². The summed E-state index contributed by atoms with van der Waals surface area (Å²) in [5.74, 6) is -0.127. The fraction of sp³-hybridized carbons (Fsp3) is 0.200. The number of carbonyl (C=O) groups excluding carboxylic acids is 2. The number of carbonyl (C=O) groups is 2. The van der Waals surface area contributed by atoms with Crippen LogP contribution in [0, 0.1) is 6.92 Å². The zero-order chi connectivity index (χ0) is 22.9. The Morgan fingerprint density at radius 1 is 0.969 bits per heavy atom. The Morgan fingerprint density at radius 3 is 2.41 bits per heavy atom. The van der Waals surface area contributed by atoms with Gasteiger partial charge in [0.05, 0.1) is 6.04 Å². The Hall–Kier alpha value is -2.34. The molecule has 2 heterocycles. The highest BCUT2D eigenvalue weighted by Crippen LogP contribution is 2.51. The zero-order valence-electron chi connectivity index (χ0n) is 17.3. The molecule has 2 aliphatic heterocycles. The third-order valence-electron chi connectivity index (χ3n) is 5.95. The lowest BCUT2D eigenvalue weighted by Gasteiger charge is -2.41. The molecule has 1 fully saturated rings. The molecule has 0 aromatic heterocycles. The molecular formula is C25H21BrCl2N2O2. The number of piperidine rings is 1. The van der Waals surface area contributed by atoms with E-state index in [1.165, 1.54) is 0 Å². The van der Waals surface area contributed by atoms with Gasteiger partial charge in [0, 0.05) is 26.6 Å². The predicted octanol–water partition coefficient (Wildman–Crippen LogP) is 6.59. The number of anilines is 1. The number of rotatable bonds is 1. The van der Waals surface area contributed by atoms with E-state index in [0.717, 1.165) is 31.9 Å². The largest absolute Gasteiger partial charge is 0.348 e. The lowest BCUT2D eigenvalue weighted by molar-refractivity contribution is -0.130. The van der Waals surface area contributed by atoms with E-state index in [1.807, 2.05) is 73.7 Å². The predicted molar refractivity (Wildman–Crippen MR) is 132 cm³/mol. The van der Waals surface area contributed by atoms with Gasteiger partial charge in [-0.1, -0.05) is 69.5 Å². The van der Waals surface area contributed by atoms with E-state index >= 15 is 0 Å². The van der Waals surface area contributed by atoms with Gasteiger partial charge in [0.15, 0.2) is 0 Å². The first kappa shape index (κ1) is 22.8. The van der Waals surface area contributed by atoms with Gasteiger partial charge in [-0.25, -0.2) is 0 Å². The summed E-state index contributed by atoms with van der Waals surface area (Å²) in [4.78, 5) is 25.3. The summed E-state index contributed by atoms with van der Waals surface area (Å²) in [6.07, 6.45) is 0.787. The molecule has 7 heteroatoms. The van der Waals surface area contributed by atoms with Crippen molar-refractivity contribution in [3.8, 4) is 0 Å². The second-order valence-corrected chi connectivity index (χ2v) is 9.70. The second kappa shape index (κ2) is 9.26. The third kappa shape index (κ3) is 4.29. The van der Waals surface area contributed by atoms with Crippen LogP contribution in [0.15, 0.2) is 71.2 Å². The summed E-state index contributed by atoms with van der Waals surface area (Å²) in [6, 6.07) is 20.4. The minimum atomic E-state index is -0.820. The molecule has 5 rings (SSSR count). The number of halogens is 3. The summed E-state index contributed by atoms with van der Waals surface area (Å²) in [5, 5.41) is 7.43. The lowest BCUT2D eigenvalue weighted by atomic mass is 9.67. The lowest BCUT2D eigenvalue weighted by Crippen LogP contribution is -2.52. The molecular weight excluding hydrogens is 511 g/mol. The summed E-state index contributed by atoms with van der Waals surface area (Å²) in [7, 11) is 0. The normalized spacial score (nSPS) is 21.3. The fourth-order valence-corrected chi connectivity index (χ4v) is 5.08. The molecule has 0 radical (unpaired) electrons. The Balaban J connectivity index is 0.000000300. The van der Waals surface area contributed by atoms with Gasteiger partial charge in [-0.05, 0) is 66.4 Å². The van der Waals surface area contributed by atoms with Crippen LogP contribution in [0.25, 0.3) is 0 Å². The molecule has 164 valence electrons. The van der Waals surface area contributed by atoms with Crippen molar-refractivity contribution in [1.82, 2.24) is 5.32 Å². The first-order chi connectivity index (χ1) is 15.3. The maximum Gasteiger partial charge on any atom is 0.237 e. The van der Waals surface area contributed by atoms with Crippen molar-refractivity contribution in [3.63, 3.8) is 0 Å². The number of hydrogen-bond donors (Lipinski definition) is 2. The maximum atomic E-state index is 13.1. The summed E-state index contributed by atoms with van der Waals surface area (Å²) in [6.45, 7) is 1.97. The molecule has 2 amide bonds. The van der Waals surface area contributed by atoms with Gasteiger partial charge in [-0.3, -0.25) is 9.59 Å². The van der Waals surface area contributed by atoms with E-state index in [2.05, 4.69) is 26.6 Å². The van der Waals surface area contributed by atoms with Crippen molar-refractivity contribution in [1.29, 1.82) is 0 Å². The van der Waals surface area contributed by atoms with E-state index in [1.54, 1.807) is 0 Å². The zero-order valence-corrected chi connectivity index (χ0v) is 20.4. The van der Waals surface area contributed by atoms with Crippen molar-refractivity contribution >= 4 is 56.6 Å². The van der Waals surface area contributed by atoms with Crippen LogP contribution < -0.4 is 10.6 Å². The van der Waals surface area contributed by atoms with Gasteiger partial charge in [-0.15, -0.1) is 0 Å². The summed E-state index contributed by atoms with van der Waals surface area (Å²) >= 11 is 15.2. The van der Waals surface area contributed by atoms with E-state index in [-0.39, 0.29) is 11.8 Å². The van der Waals surface area contributed by atoms with Crippen LogP contribution in [0.5, 0.6) is 0 Å². The van der Waals surface area contributed by atoms with Gasteiger partial charge < -0.3 is 10.6 Å². The molecule has 2 aliphatic rings. The van der Waals surface area contributed by atoms with Crippen LogP contribution in [0.4, 0.5) is 5.69 Å². The van der Waals surface area contributed by atoms with Gasteiger partial charge in [0.1, 0.15) is 5.41 Å². The summed E-state index contributed by atoms with van der Waals surface area (Å²) < 4.78 is 0.902. The molecule has 2 N–H and O–H groups in total. The smallest absolute Gasteiger partial charge is 0.237 e. The quantitative estimate of drug-likeness (QED) is 0.372. The van der Waals surface area contributed by atoms with Crippen molar-refractivity contribution in [2.24, 2.45) is 0 Å². The molecule has 1 saturated heterocycles. The van der Waals surface area contributed by atoms with Crippen molar-refractivity contribution in [2.75, 3.05) is 5.32 Å². The third-order valence-corrected chi connectivity index (χ3v) is 6.93.